The second kappa shape index (κ2) is 58.0. The Hall–Kier alpha value is -16.3. The van der Waals surface area contributed by atoms with Crippen LogP contribution >= 0.6 is 0 Å². The number of aromatic amines is 1. The minimum atomic E-state index is -0.165. The lowest BCUT2D eigenvalue weighted by molar-refractivity contribution is 0.347. The van der Waals surface area contributed by atoms with E-state index in [9.17, 15) is 30.7 Å². The Balaban J connectivity index is 0.000000173. The van der Waals surface area contributed by atoms with Gasteiger partial charge in [-0.25, -0.2) is 35.7 Å². The molecule has 15 N–H and O–H groups in total. The van der Waals surface area contributed by atoms with Crippen LogP contribution in [0.4, 0.5) is 30.7 Å². The van der Waals surface area contributed by atoms with Crippen LogP contribution in [0.1, 0.15) is 75.6 Å². The number of hydrogen-bond donors (Lipinski definition) is 8. The fourth-order valence-electron chi connectivity index (χ4n) is 11.4. The van der Waals surface area contributed by atoms with Crippen molar-refractivity contribution in [2.45, 2.75) is 79.2 Å². The average Bonchev–Trinajstić information content (AvgIpc) is 1.66. The predicted molar refractivity (Wildman–Crippen MR) is 526 cm³/mol. The molecule has 144 heavy (non-hydrogen) atoms. The minimum absolute atomic E-state index is 0.116. The number of hydrogen-bond acceptors (Lipinski definition) is 34. The number of benzene rings is 8. The number of halogens is 7. The van der Waals surface area contributed by atoms with Gasteiger partial charge in [0, 0.05) is 148 Å². The summed E-state index contributed by atoms with van der Waals surface area (Å²) in [6.07, 6.45) is 5.58. The smallest absolute Gasteiger partial charge is 0.258 e. The number of nitrogens with one attached hydrogen (secondary N) is 1. The van der Waals surface area contributed by atoms with Crippen LogP contribution in [0.5, 0.6) is 40.2 Å². The van der Waals surface area contributed by atoms with Crippen LogP contribution in [0.25, 0.3) is 91.4 Å². The van der Waals surface area contributed by atoms with E-state index in [1.165, 1.54) is 4.80 Å². The molecule has 0 aliphatic heterocycles. The average molecular weight is 1990 g/mol. The van der Waals surface area contributed by atoms with Crippen molar-refractivity contribution >= 4 is 0 Å². The molecule has 15 aromatic rings. The summed E-state index contributed by atoms with van der Waals surface area (Å²) in [5.41, 5.74) is 46.7. The number of tetrazole rings is 1. The van der Waals surface area contributed by atoms with E-state index in [4.69, 9.17) is 95.8 Å². The molecule has 1 aliphatic rings. The van der Waals surface area contributed by atoms with Gasteiger partial charge in [0.25, 0.3) is 23.6 Å². The summed E-state index contributed by atoms with van der Waals surface area (Å²) in [5.74, 6) is 12.1. The van der Waals surface area contributed by atoms with E-state index in [1.807, 2.05) is 113 Å². The van der Waals surface area contributed by atoms with Crippen LogP contribution in [0.3, 0.4) is 0 Å². The van der Waals surface area contributed by atoms with Crippen LogP contribution in [-0.4, -0.2) is 178 Å². The standard InChI is InChI=1S/C18H16FN3O2.C16H20FN3O2.C15H16FN3O2.C13H16FN5O.C13H15FN4O.2C13H14FN3O2/c19-10-13(11-20)12-23-16-8-6-15(7-9-16)18-21-17(22-24-18)14-4-2-1-3-5-14;1-16(2,3)15-19-14(22-20-15)12-4-6-13(7-5-12)21-10-11(8-17)9-18;16-7-10(8-17)9-20-13-5-3-12(4-6-13)15-18-14(19-21-15)11-1-2-11;1-2-19-17-13(16-18-19)11-3-5-12(6-4-11)20-9-10(7-14)8-15;1-9-16-13(18-17-9)11-2-4-12(5-3-11)19-8-10(6-14)7-15;1-9-16-17-13(19-9)11-2-4-12(5-3-11)18-8-10(6-14)7-15;1-9-16-13(19-17-9)11-2-4-12(5-3-11)18-8-10(6-14)7-15/h1-10H,11-12,20H2;4-8H,9-10,18H2,1-3H3;3-7,11H,1-2,8-9,17H2;3-7H,2,8-9,15H2,1H3;2-6H,7-8,15H2,1H3,(H,16,17,18);2*2-6H,7-8,15H2,1H3/b13-10+;11-8+;2*10-7+;3*10-6+. The number of nitrogens with zero attached hydrogens (tertiary/aromatic N) is 16. The molecule has 0 bridgehead atoms. The SMILES string of the molecule is CC(C)(C)c1noc(-c2ccc(OC/C(=C/F)CN)cc2)n1.CCn1nnc(-c2ccc(OC/C(=C/F)CN)cc2)n1.Cc1nc(-c2ccc(OC/C(=C/F)CN)cc2)n[nH]1.Cc1nnc(-c2ccc(OC/C(=C/F)CN)cc2)o1.Cc1noc(-c2ccc(OC/C(=C/F)CN)cc2)n1.NC/C(=C\F)COc1ccc(-c2nc(-c3ccccc3)no2)cc1.NC/C(=C\F)COc1ccc(-c2nc(C3CC3)no2)cc1. The highest BCUT2D eigenvalue weighted by molar-refractivity contribution is 5.62. The Morgan fingerprint density at radius 3 is 0.972 bits per heavy atom. The number of aryl methyl sites for hydroxylation is 4. The number of ether oxygens (including phenoxy) is 7. The van der Waals surface area contributed by atoms with Gasteiger partial charge in [0.05, 0.1) is 50.9 Å². The lowest BCUT2D eigenvalue weighted by Gasteiger charge is -2.10. The molecule has 8 aromatic carbocycles. The molecule has 0 saturated heterocycles. The molecule has 1 saturated carbocycles. The van der Waals surface area contributed by atoms with E-state index in [0.29, 0.717) is 200 Å². The van der Waals surface area contributed by atoms with Gasteiger partial charge in [0.2, 0.25) is 23.4 Å². The van der Waals surface area contributed by atoms with E-state index >= 15 is 0 Å². The first kappa shape index (κ1) is 110. The monoisotopic (exact) mass is 1980 g/mol. The third-order valence-electron chi connectivity index (χ3n) is 19.9. The third kappa shape index (κ3) is 35.5. The van der Waals surface area contributed by atoms with Crippen molar-refractivity contribution in [1.29, 1.82) is 0 Å². The normalized spacial score (nSPS) is 12.3. The van der Waals surface area contributed by atoms with Gasteiger partial charge in [0.15, 0.2) is 23.3 Å². The quantitative estimate of drug-likeness (QED) is 0.0167. The molecule has 1 aliphatic carbocycles. The van der Waals surface area contributed by atoms with Gasteiger partial charge in [0.1, 0.15) is 92.3 Å². The van der Waals surface area contributed by atoms with Gasteiger partial charge < -0.3 is 95.8 Å². The molecule has 756 valence electrons. The van der Waals surface area contributed by atoms with E-state index in [1.54, 1.807) is 135 Å². The van der Waals surface area contributed by atoms with Crippen LogP contribution in [-0.2, 0) is 12.0 Å². The van der Waals surface area contributed by atoms with Gasteiger partial charge in [-0.1, -0.05) is 71.7 Å². The second-order valence-corrected chi connectivity index (χ2v) is 32.0. The van der Waals surface area contributed by atoms with E-state index in [-0.39, 0.29) is 97.5 Å². The summed E-state index contributed by atoms with van der Waals surface area (Å²) in [5, 5.41) is 42.2. The first-order valence-electron chi connectivity index (χ1n) is 44.8. The maximum Gasteiger partial charge on any atom is 0.258 e. The van der Waals surface area contributed by atoms with Crippen molar-refractivity contribution < 1.29 is 86.4 Å². The molecule has 1 fully saturated rings. The maximum absolute atomic E-state index is 12.4. The Morgan fingerprint density at radius 1 is 0.354 bits per heavy atom. The summed E-state index contributed by atoms with van der Waals surface area (Å²) in [4.78, 5) is 23.0. The van der Waals surface area contributed by atoms with Crippen molar-refractivity contribution in [2.24, 2.45) is 40.1 Å². The number of aromatic nitrogens is 17. The highest BCUT2D eigenvalue weighted by Crippen LogP contribution is 2.39. The summed E-state index contributed by atoms with van der Waals surface area (Å²) < 4.78 is 151. The van der Waals surface area contributed by atoms with Gasteiger partial charge in [-0.3, -0.25) is 5.10 Å². The van der Waals surface area contributed by atoms with E-state index in [2.05, 4.69) is 81.4 Å². The zero-order valence-electron chi connectivity index (χ0n) is 79.9. The fraction of sp³-hybridized carbons (Fsp3) is 0.257. The largest absolute Gasteiger partial charge is 0.489 e. The van der Waals surface area contributed by atoms with Crippen molar-refractivity contribution in [2.75, 3.05) is 92.1 Å². The summed E-state index contributed by atoms with van der Waals surface area (Å²) in [6, 6.07) is 59.8. The molecule has 43 heteroatoms. The topological polar surface area (TPSA) is 527 Å². The first-order chi connectivity index (χ1) is 70.0. The van der Waals surface area contributed by atoms with Gasteiger partial charge in [-0.2, -0.15) is 29.8 Å². The van der Waals surface area contributed by atoms with Crippen molar-refractivity contribution in [1.82, 2.24) is 86.1 Å². The fourth-order valence-corrected chi connectivity index (χ4v) is 11.4. The molecular formula is C101H111F7N24O12. The molecule has 0 unspecified atom stereocenters. The van der Waals surface area contributed by atoms with Crippen molar-refractivity contribution in [3.05, 3.63) is 313 Å². The van der Waals surface area contributed by atoms with Crippen LogP contribution in [0, 0.1) is 20.8 Å². The lowest BCUT2D eigenvalue weighted by atomic mass is 9.96. The number of H-pyrrole nitrogens is 1. The van der Waals surface area contributed by atoms with Gasteiger partial charge in [-0.05, 0) is 209 Å². The van der Waals surface area contributed by atoms with Crippen LogP contribution in [0.2, 0.25) is 0 Å². The molecule has 0 spiro atoms. The molecule has 16 rings (SSSR count). The van der Waals surface area contributed by atoms with Crippen molar-refractivity contribution in [3.63, 3.8) is 0 Å². The van der Waals surface area contributed by atoms with Crippen molar-refractivity contribution in [3.8, 4) is 132 Å². The minimum Gasteiger partial charge on any atom is -0.489 e. The zero-order chi connectivity index (χ0) is 103. The summed E-state index contributed by atoms with van der Waals surface area (Å²) in [7, 11) is 0. The summed E-state index contributed by atoms with van der Waals surface area (Å²) in [6.45, 7) is 15.9. The Morgan fingerprint density at radius 2 is 0.674 bits per heavy atom. The number of rotatable bonds is 38. The predicted octanol–water partition coefficient (Wildman–Crippen LogP) is 17.6. The molecule has 36 nitrogen and oxygen atoms in total. The van der Waals surface area contributed by atoms with Gasteiger partial charge in [-0.15, -0.1) is 20.4 Å². The Bertz CT molecular complexity index is 6320. The number of nitrogens with two attached hydrogens (primary N) is 7. The van der Waals surface area contributed by atoms with Crippen LogP contribution < -0.4 is 73.3 Å². The molecule has 0 amide bonds. The highest BCUT2D eigenvalue weighted by Gasteiger charge is 2.29. The Labute approximate surface area is 824 Å². The molecular weight excluding hydrogens is 1870 g/mol. The summed E-state index contributed by atoms with van der Waals surface area (Å²) >= 11 is 0. The van der Waals surface area contributed by atoms with E-state index < -0.39 is 0 Å². The third-order valence-corrected chi connectivity index (χ3v) is 19.9. The molecule has 0 radical (unpaired) electrons. The maximum atomic E-state index is 12.4. The van der Waals surface area contributed by atoms with Crippen LogP contribution in [0.15, 0.2) is 306 Å². The Kier molecular flexibility index (Phi) is 44.2. The van der Waals surface area contributed by atoms with E-state index in [0.717, 1.165) is 69.0 Å². The highest BCUT2D eigenvalue weighted by atomic mass is 19.1. The second-order valence-electron chi connectivity index (χ2n) is 32.0. The lowest BCUT2D eigenvalue weighted by Crippen LogP contribution is -2.13. The molecule has 7 aromatic heterocycles. The molecule has 7 heterocycles. The first-order valence-corrected chi connectivity index (χ1v) is 44.8. The molecule has 0 atom stereocenters. The van der Waals surface area contributed by atoms with Gasteiger partial charge >= 0.3 is 0 Å². The zero-order valence-corrected chi connectivity index (χ0v) is 79.9.